The molecule has 0 atom stereocenters. The molecule has 2 aromatic carbocycles. The first-order chi connectivity index (χ1) is 17.6. The lowest BCUT2D eigenvalue weighted by atomic mass is 10.1. The van der Waals surface area contributed by atoms with Crippen LogP contribution in [-0.2, 0) is 13.1 Å². The fraction of sp³-hybridized carbons (Fsp3) is 0.429. The number of urea groups is 1. The van der Waals surface area contributed by atoms with Crippen molar-refractivity contribution in [3.63, 3.8) is 0 Å². The first kappa shape index (κ1) is 25.4. The molecule has 2 heterocycles. The van der Waals surface area contributed by atoms with E-state index in [2.05, 4.69) is 18.1 Å². The molecule has 2 amide bonds. The highest BCUT2D eigenvalue weighted by molar-refractivity contribution is 5.93. The summed E-state index contributed by atoms with van der Waals surface area (Å²) in [5.41, 5.74) is 2.89. The van der Waals surface area contributed by atoms with Gasteiger partial charge in [-0.3, -0.25) is 9.58 Å². The summed E-state index contributed by atoms with van der Waals surface area (Å²) in [6, 6.07) is 13.7. The number of nitrogens with zero attached hydrogens (tertiary/aromatic N) is 4. The number of ether oxygens (including phenoxy) is 3. The van der Waals surface area contributed by atoms with Gasteiger partial charge in [0.15, 0.2) is 11.5 Å². The SMILES string of the molecule is CCCCCOc1cc(N2CCCN(Cc3ccc(Cn4cccn4)cc3OC)C2=O)ccc1OC. The normalized spacial score (nSPS) is 13.7. The van der Waals surface area contributed by atoms with Gasteiger partial charge in [0.25, 0.3) is 0 Å². The van der Waals surface area contributed by atoms with Crippen LogP contribution in [0.4, 0.5) is 10.5 Å². The van der Waals surface area contributed by atoms with E-state index in [0.29, 0.717) is 44.3 Å². The lowest BCUT2D eigenvalue weighted by Gasteiger charge is -2.36. The Hall–Kier alpha value is -3.68. The second-order valence-electron chi connectivity index (χ2n) is 8.95. The molecule has 192 valence electrons. The molecule has 8 nitrogen and oxygen atoms in total. The van der Waals surface area contributed by atoms with Crippen molar-refractivity contribution in [1.29, 1.82) is 0 Å². The zero-order chi connectivity index (χ0) is 25.3. The van der Waals surface area contributed by atoms with Gasteiger partial charge in [-0.15, -0.1) is 0 Å². The van der Waals surface area contributed by atoms with E-state index in [1.54, 1.807) is 20.4 Å². The molecule has 0 aliphatic carbocycles. The highest BCUT2D eigenvalue weighted by Gasteiger charge is 2.28. The second kappa shape index (κ2) is 12.3. The summed E-state index contributed by atoms with van der Waals surface area (Å²) >= 11 is 0. The van der Waals surface area contributed by atoms with Crippen molar-refractivity contribution >= 4 is 11.7 Å². The van der Waals surface area contributed by atoms with Crippen LogP contribution in [0.25, 0.3) is 0 Å². The van der Waals surface area contributed by atoms with Gasteiger partial charge in [0.1, 0.15) is 5.75 Å². The van der Waals surface area contributed by atoms with E-state index in [-0.39, 0.29) is 6.03 Å². The Morgan fingerprint density at radius 1 is 0.944 bits per heavy atom. The van der Waals surface area contributed by atoms with Crippen LogP contribution in [0.2, 0.25) is 0 Å². The van der Waals surface area contributed by atoms with Crippen molar-refractivity contribution in [1.82, 2.24) is 14.7 Å². The number of amides is 2. The van der Waals surface area contributed by atoms with Gasteiger partial charge in [0.05, 0.1) is 33.9 Å². The smallest absolute Gasteiger partial charge is 0.324 e. The van der Waals surface area contributed by atoms with Crippen LogP contribution in [0.1, 0.15) is 43.7 Å². The van der Waals surface area contributed by atoms with Crippen molar-refractivity contribution in [3.8, 4) is 17.2 Å². The number of hydrogen-bond donors (Lipinski definition) is 0. The molecule has 0 radical (unpaired) electrons. The maximum atomic E-state index is 13.5. The molecule has 4 rings (SSSR count). The van der Waals surface area contributed by atoms with Crippen molar-refractivity contribution in [2.24, 2.45) is 0 Å². The summed E-state index contributed by atoms with van der Waals surface area (Å²) in [4.78, 5) is 17.2. The van der Waals surface area contributed by atoms with Gasteiger partial charge in [0.2, 0.25) is 0 Å². The van der Waals surface area contributed by atoms with Crippen molar-refractivity contribution in [3.05, 3.63) is 66.0 Å². The van der Waals surface area contributed by atoms with Crippen LogP contribution in [0.15, 0.2) is 54.9 Å². The fourth-order valence-electron chi connectivity index (χ4n) is 4.45. The van der Waals surface area contributed by atoms with Gasteiger partial charge >= 0.3 is 6.03 Å². The van der Waals surface area contributed by atoms with Crippen molar-refractivity contribution in [2.45, 2.75) is 45.7 Å². The minimum Gasteiger partial charge on any atom is -0.496 e. The average Bonchev–Trinajstić information content (AvgIpc) is 3.41. The van der Waals surface area contributed by atoms with Crippen LogP contribution in [0.5, 0.6) is 17.2 Å². The molecular weight excluding hydrogens is 456 g/mol. The fourth-order valence-corrected chi connectivity index (χ4v) is 4.45. The highest BCUT2D eigenvalue weighted by atomic mass is 16.5. The van der Waals surface area contributed by atoms with Crippen molar-refractivity contribution < 1.29 is 19.0 Å². The van der Waals surface area contributed by atoms with E-state index >= 15 is 0 Å². The molecule has 1 aliphatic heterocycles. The standard InChI is InChI=1S/C28H36N4O4/c1-4-5-6-17-36-27-19-24(11-12-25(27)34-2)32-16-8-14-30(28(32)33)21-23-10-9-22(18-26(23)35-3)20-31-15-7-13-29-31/h7,9-13,15,18-19H,4-6,8,14,16-17,20-21H2,1-3H3. The highest BCUT2D eigenvalue weighted by Crippen LogP contribution is 2.34. The molecule has 1 fully saturated rings. The number of hydrogen-bond acceptors (Lipinski definition) is 5. The molecule has 36 heavy (non-hydrogen) atoms. The molecule has 8 heteroatoms. The molecular formula is C28H36N4O4. The van der Waals surface area contributed by atoms with Gasteiger partial charge in [0, 0.05) is 42.8 Å². The Bertz CT molecular complexity index is 1130. The van der Waals surface area contributed by atoms with Gasteiger partial charge in [-0.25, -0.2) is 4.79 Å². The summed E-state index contributed by atoms with van der Waals surface area (Å²) < 4.78 is 19.0. The zero-order valence-corrected chi connectivity index (χ0v) is 21.5. The van der Waals surface area contributed by atoms with Crippen LogP contribution >= 0.6 is 0 Å². The molecule has 1 aromatic heterocycles. The number of carbonyl (C=O) groups is 1. The van der Waals surface area contributed by atoms with E-state index in [1.807, 2.05) is 57.1 Å². The maximum absolute atomic E-state index is 13.5. The monoisotopic (exact) mass is 492 g/mol. The van der Waals surface area contributed by atoms with E-state index in [9.17, 15) is 4.79 Å². The molecule has 0 bridgehead atoms. The third-order valence-electron chi connectivity index (χ3n) is 6.39. The van der Waals surface area contributed by atoms with E-state index in [4.69, 9.17) is 14.2 Å². The van der Waals surface area contributed by atoms with Gasteiger partial charge in [-0.1, -0.05) is 31.9 Å². The van der Waals surface area contributed by atoms with Crippen LogP contribution in [0.3, 0.4) is 0 Å². The summed E-state index contributed by atoms with van der Waals surface area (Å²) in [7, 11) is 3.30. The number of benzene rings is 2. The second-order valence-corrected chi connectivity index (χ2v) is 8.95. The van der Waals surface area contributed by atoms with Crippen LogP contribution < -0.4 is 19.1 Å². The molecule has 3 aromatic rings. The molecule has 1 aliphatic rings. The first-order valence-electron chi connectivity index (χ1n) is 12.6. The van der Waals surface area contributed by atoms with Crippen molar-refractivity contribution in [2.75, 3.05) is 38.8 Å². The predicted octanol–water partition coefficient (Wildman–Crippen LogP) is 5.35. The quantitative estimate of drug-likeness (QED) is 0.319. The zero-order valence-electron chi connectivity index (χ0n) is 21.5. The first-order valence-corrected chi connectivity index (χ1v) is 12.6. The lowest BCUT2D eigenvalue weighted by Crippen LogP contribution is -2.49. The Morgan fingerprint density at radius 2 is 1.81 bits per heavy atom. The summed E-state index contributed by atoms with van der Waals surface area (Å²) in [5, 5.41) is 4.27. The molecule has 0 N–H and O–H groups in total. The largest absolute Gasteiger partial charge is 0.496 e. The number of rotatable bonds is 12. The number of unbranched alkanes of at least 4 members (excludes halogenated alkanes) is 2. The average molecular weight is 493 g/mol. The third kappa shape index (κ3) is 6.11. The van der Waals surface area contributed by atoms with Crippen LogP contribution in [-0.4, -0.2) is 54.6 Å². The Labute approximate surface area is 213 Å². The molecule has 1 saturated heterocycles. The Balaban J connectivity index is 1.47. The van der Waals surface area contributed by atoms with Gasteiger partial charge in [-0.05, 0) is 42.7 Å². The van der Waals surface area contributed by atoms with Gasteiger partial charge < -0.3 is 19.1 Å². The molecule has 0 spiro atoms. The summed E-state index contributed by atoms with van der Waals surface area (Å²) in [6.07, 6.45) is 7.82. The van der Waals surface area contributed by atoms with E-state index < -0.39 is 0 Å². The predicted molar refractivity (Wildman–Crippen MR) is 140 cm³/mol. The third-order valence-corrected chi connectivity index (χ3v) is 6.39. The number of aromatic nitrogens is 2. The maximum Gasteiger partial charge on any atom is 0.324 e. The van der Waals surface area contributed by atoms with Crippen LogP contribution in [0, 0.1) is 0 Å². The summed E-state index contributed by atoms with van der Waals surface area (Å²) in [6.45, 7) is 5.31. The minimum absolute atomic E-state index is 0.0222. The minimum atomic E-state index is -0.0222. The number of carbonyl (C=O) groups excluding carboxylic acids is 1. The molecule has 0 unspecified atom stereocenters. The van der Waals surface area contributed by atoms with Gasteiger partial charge in [-0.2, -0.15) is 5.10 Å². The van der Waals surface area contributed by atoms with E-state index in [0.717, 1.165) is 48.2 Å². The number of methoxy groups -OCH3 is 2. The Kier molecular flexibility index (Phi) is 8.71. The van der Waals surface area contributed by atoms with E-state index in [1.165, 1.54) is 0 Å². The molecule has 0 saturated carbocycles. The number of anilines is 1. The topological polar surface area (TPSA) is 69.1 Å². The Morgan fingerprint density at radius 3 is 2.56 bits per heavy atom. The summed E-state index contributed by atoms with van der Waals surface area (Å²) in [5.74, 6) is 2.12. The lowest BCUT2D eigenvalue weighted by molar-refractivity contribution is 0.191.